The lowest BCUT2D eigenvalue weighted by molar-refractivity contribution is 0.704. The molecule has 0 spiro atoms. The van der Waals surface area contributed by atoms with E-state index in [1.54, 1.807) is 0 Å². The maximum atomic E-state index is 12.9. The van der Waals surface area contributed by atoms with Gasteiger partial charge in [0.15, 0.2) is 0 Å². The van der Waals surface area contributed by atoms with E-state index in [0.717, 1.165) is 53.0 Å². The van der Waals surface area contributed by atoms with Gasteiger partial charge in [-0.3, -0.25) is 4.79 Å². The van der Waals surface area contributed by atoms with E-state index in [2.05, 4.69) is 76.5 Å². The Morgan fingerprint density at radius 2 is 1.54 bits per heavy atom. The highest BCUT2D eigenvalue weighted by Gasteiger charge is 2.17. The molecule has 7 aromatic rings. The second kappa shape index (κ2) is 9.24. The quantitative estimate of drug-likeness (QED) is 0.260. The largest absolute Gasteiger partial charge is 0.341 e. The monoisotopic (exact) mass is 511 g/mol. The molecule has 39 heavy (non-hydrogen) atoms. The number of fused-ring (bicyclic) bond motifs is 5. The molecule has 3 aromatic heterocycles. The number of imidazole rings is 1. The van der Waals surface area contributed by atoms with Gasteiger partial charge in [-0.25, -0.2) is 9.97 Å². The van der Waals surface area contributed by atoms with Gasteiger partial charge in [-0.2, -0.15) is 0 Å². The average molecular weight is 512 g/mol. The second-order valence-corrected chi connectivity index (χ2v) is 10.1. The lowest BCUT2D eigenvalue weighted by Crippen LogP contribution is -2.15. The van der Waals surface area contributed by atoms with Gasteiger partial charge >= 0.3 is 0 Å². The van der Waals surface area contributed by atoms with Crippen LogP contribution in [0.3, 0.4) is 0 Å². The molecule has 0 aliphatic rings. The Labute approximate surface area is 225 Å². The first-order valence-corrected chi connectivity index (χ1v) is 13.6. The van der Waals surface area contributed by atoms with Crippen molar-refractivity contribution in [1.29, 1.82) is 0 Å². The summed E-state index contributed by atoms with van der Waals surface area (Å²) in [5.41, 5.74) is 8.37. The van der Waals surface area contributed by atoms with Crippen LogP contribution in [0.15, 0.2) is 89.7 Å². The van der Waals surface area contributed by atoms with Crippen LogP contribution >= 0.6 is 0 Å². The Morgan fingerprint density at radius 1 is 0.744 bits per heavy atom. The highest BCUT2D eigenvalue weighted by atomic mass is 16.1. The molecule has 4 aromatic carbocycles. The van der Waals surface area contributed by atoms with Crippen molar-refractivity contribution in [3.63, 3.8) is 0 Å². The maximum absolute atomic E-state index is 12.9. The van der Waals surface area contributed by atoms with Crippen molar-refractivity contribution in [2.45, 2.75) is 39.8 Å². The fraction of sp³-hybridized carbons (Fsp3) is 0.182. The summed E-state index contributed by atoms with van der Waals surface area (Å²) in [7, 11) is 0. The van der Waals surface area contributed by atoms with E-state index < -0.39 is 0 Å². The molecule has 0 amide bonds. The van der Waals surface area contributed by atoms with Gasteiger partial charge in [-0.1, -0.05) is 55.5 Å². The van der Waals surface area contributed by atoms with Crippen molar-refractivity contribution < 1.29 is 0 Å². The Balaban J connectivity index is 1.41. The van der Waals surface area contributed by atoms with Crippen molar-refractivity contribution in [2.24, 2.45) is 0 Å². The van der Waals surface area contributed by atoms with E-state index in [-0.39, 0.29) is 5.56 Å². The lowest BCUT2D eigenvalue weighted by Gasteiger charge is -2.09. The third-order valence-electron chi connectivity index (χ3n) is 7.64. The summed E-state index contributed by atoms with van der Waals surface area (Å²) in [5.74, 6) is 0.934. The second-order valence-electron chi connectivity index (χ2n) is 10.1. The van der Waals surface area contributed by atoms with Gasteiger partial charge in [0, 0.05) is 46.9 Å². The zero-order valence-corrected chi connectivity index (χ0v) is 22.1. The number of aryl methyl sites for hydroxylation is 2. The van der Waals surface area contributed by atoms with Crippen molar-refractivity contribution in [2.75, 3.05) is 0 Å². The van der Waals surface area contributed by atoms with E-state index >= 15 is 0 Å². The molecular weight excluding hydrogens is 482 g/mol. The molecule has 0 aliphatic carbocycles. The van der Waals surface area contributed by atoms with Crippen molar-refractivity contribution in [1.82, 2.24) is 24.1 Å². The Kier molecular flexibility index (Phi) is 5.55. The summed E-state index contributed by atoms with van der Waals surface area (Å²) in [6, 6.07) is 29.3. The molecule has 0 atom stereocenters. The van der Waals surface area contributed by atoms with E-state index in [0.29, 0.717) is 17.6 Å². The molecule has 0 aliphatic heterocycles. The molecule has 6 heteroatoms. The molecule has 6 nitrogen and oxygen atoms in total. The molecule has 0 unspecified atom stereocenters. The lowest BCUT2D eigenvalue weighted by atomic mass is 10.1. The average Bonchev–Trinajstić information content (AvgIpc) is 3.47. The van der Waals surface area contributed by atoms with Crippen LogP contribution in [0.1, 0.15) is 31.5 Å². The van der Waals surface area contributed by atoms with Crippen LogP contribution in [0.2, 0.25) is 0 Å². The number of aromatic amines is 1. The van der Waals surface area contributed by atoms with Crippen LogP contribution in [0, 0.1) is 0 Å². The summed E-state index contributed by atoms with van der Waals surface area (Å²) in [6.07, 6.45) is 1.47. The number of benzene rings is 4. The summed E-state index contributed by atoms with van der Waals surface area (Å²) in [4.78, 5) is 25.8. The summed E-state index contributed by atoms with van der Waals surface area (Å²) in [5, 5.41) is 2.49. The highest BCUT2D eigenvalue weighted by molar-refractivity contribution is 6.09. The number of nitrogens with zero attached hydrogens (tertiary/aromatic N) is 4. The molecule has 1 N–H and O–H groups in total. The molecule has 0 saturated heterocycles. The number of hydrogen-bond donors (Lipinski definition) is 1. The molecule has 0 radical (unpaired) electrons. The molecule has 7 rings (SSSR count). The fourth-order valence-electron chi connectivity index (χ4n) is 5.86. The molecule has 0 saturated carbocycles. The molecule has 0 bridgehead atoms. The predicted molar refractivity (Wildman–Crippen MR) is 159 cm³/mol. The van der Waals surface area contributed by atoms with Gasteiger partial charge in [0.05, 0.1) is 22.1 Å². The van der Waals surface area contributed by atoms with Crippen LogP contribution in [0.25, 0.3) is 55.3 Å². The van der Waals surface area contributed by atoms with E-state index in [4.69, 9.17) is 9.97 Å². The first-order chi connectivity index (χ1) is 19.1. The van der Waals surface area contributed by atoms with E-state index in [1.807, 2.05) is 36.4 Å². The minimum Gasteiger partial charge on any atom is -0.341 e. The summed E-state index contributed by atoms with van der Waals surface area (Å²) in [6.45, 7) is 6.13. The Bertz CT molecular complexity index is 2060. The van der Waals surface area contributed by atoms with E-state index in [9.17, 15) is 4.79 Å². The Hall–Kier alpha value is -4.71. The highest BCUT2D eigenvalue weighted by Crippen LogP contribution is 2.34. The standard InChI is InChI=1S/C33H29N5O/c1-3-16-38-31-20-26-25(36-33(39)28(34-26)17-21-10-6-5-7-11-21)19-27(31)35-32(38)22-14-15-30-24(18-22)23-12-8-9-13-29(23)37(30)4-2/h5-15,18-20H,3-4,16-17H2,1-2H3,(H,36,39). The van der Waals surface area contributed by atoms with Crippen LogP contribution in [0.5, 0.6) is 0 Å². The number of para-hydroxylation sites is 1. The zero-order valence-electron chi connectivity index (χ0n) is 22.1. The molecule has 0 fully saturated rings. The summed E-state index contributed by atoms with van der Waals surface area (Å²) >= 11 is 0. The van der Waals surface area contributed by atoms with Gasteiger partial charge in [0.2, 0.25) is 0 Å². The van der Waals surface area contributed by atoms with Crippen molar-refractivity contribution >= 4 is 43.9 Å². The van der Waals surface area contributed by atoms with Gasteiger partial charge in [0.1, 0.15) is 11.5 Å². The number of nitrogens with one attached hydrogen (secondary N) is 1. The zero-order chi connectivity index (χ0) is 26.5. The smallest absolute Gasteiger partial charge is 0.270 e. The normalized spacial score (nSPS) is 11.8. The van der Waals surface area contributed by atoms with Gasteiger partial charge in [-0.15, -0.1) is 0 Å². The first-order valence-electron chi connectivity index (χ1n) is 13.6. The van der Waals surface area contributed by atoms with Gasteiger partial charge in [0.25, 0.3) is 5.56 Å². The predicted octanol–water partition coefficient (Wildman–Crippen LogP) is 7.07. The van der Waals surface area contributed by atoms with Crippen LogP contribution in [0.4, 0.5) is 0 Å². The van der Waals surface area contributed by atoms with Gasteiger partial charge < -0.3 is 14.1 Å². The fourth-order valence-corrected chi connectivity index (χ4v) is 5.86. The number of H-pyrrole nitrogens is 1. The maximum Gasteiger partial charge on any atom is 0.270 e. The number of aromatic nitrogens is 5. The van der Waals surface area contributed by atoms with Gasteiger partial charge in [-0.05, 0) is 55.3 Å². The molecular formula is C33H29N5O. The molecule has 192 valence electrons. The number of hydrogen-bond acceptors (Lipinski definition) is 3. The third kappa shape index (κ3) is 3.83. The topological polar surface area (TPSA) is 68.5 Å². The van der Waals surface area contributed by atoms with Crippen molar-refractivity contribution in [3.8, 4) is 11.4 Å². The first kappa shape index (κ1) is 23.4. The van der Waals surface area contributed by atoms with Crippen LogP contribution < -0.4 is 5.56 Å². The van der Waals surface area contributed by atoms with Crippen LogP contribution in [-0.2, 0) is 19.5 Å². The SMILES string of the molecule is CCCn1c(-c2ccc3c(c2)c2ccccc2n3CC)nc2cc3[nH]c(=O)c(Cc4ccccc4)nc3cc21. The van der Waals surface area contributed by atoms with Crippen molar-refractivity contribution in [3.05, 3.63) is 107 Å². The van der Waals surface area contributed by atoms with Crippen LogP contribution in [-0.4, -0.2) is 24.1 Å². The summed E-state index contributed by atoms with van der Waals surface area (Å²) < 4.78 is 4.66. The minimum atomic E-state index is -0.156. The van der Waals surface area contributed by atoms with E-state index in [1.165, 1.54) is 21.8 Å². The molecule has 3 heterocycles. The third-order valence-corrected chi connectivity index (χ3v) is 7.64. The number of rotatable bonds is 6. The minimum absolute atomic E-state index is 0.156. The Morgan fingerprint density at radius 3 is 2.36 bits per heavy atom.